The number of amides is 2. The number of carbonyl (C=O) groups excluding carboxylic acids is 2. The molecule has 1 aromatic heterocycles. The summed E-state index contributed by atoms with van der Waals surface area (Å²) in [6, 6.07) is 11.8. The molecule has 1 N–H and O–H groups in total. The van der Waals surface area contributed by atoms with E-state index >= 15 is 0 Å². The molecule has 0 radical (unpaired) electrons. The topological polar surface area (TPSA) is 65.5 Å². The summed E-state index contributed by atoms with van der Waals surface area (Å²) in [4.78, 5) is 33.5. The summed E-state index contributed by atoms with van der Waals surface area (Å²) < 4.78 is 0. The number of hydrogen-bond donors (Lipinski definition) is 1. The number of pyridine rings is 1. The Hall–Kier alpha value is -2.89. The van der Waals surface area contributed by atoms with Gasteiger partial charge in [-0.25, -0.2) is 0 Å². The van der Waals surface area contributed by atoms with Crippen molar-refractivity contribution in [1.29, 1.82) is 0 Å². The summed E-state index contributed by atoms with van der Waals surface area (Å²) in [5.74, 6) is 0.400. The van der Waals surface area contributed by atoms with Crippen molar-refractivity contribution in [3.05, 3.63) is 59.9 Å². The highest BCUT2D eigenvalue weighted by Gasteiger charge is 2.58. The second-order valence-electron chi connectivity index (χ2n) is 9.10. The predicted octanol–water partition coefficient (Wildman–Crippen LogP) is 3.14. The number of anilines is 1. The molecular weight excluding hydrogens is 388 g/mol. The lowest BCUT2D eigenvalue weighted by Gasteiger charge is -2.33. The zero-order valence-electron chi connectivity index (χ0n) is 18.5. The highest BCUT2D eigenvalue weighted by atomic mass is 16.2. The van der Waals surface area contributed by atoms with Crippen LogP contribution in [0.25, 0.3) is 0 Å². The van der Waals surface area contributed by atoms with Gasteiger partial charge >= 0.3 is 0 Å². The molecular formula is C25H32N4O2. The Morgan fingerprint density at radius 1 is 1.10 bits per heavy atom. The number of likely N-dealkylation sites (tertiary alicyclic amines) is 1. The van der Waals surface area contributed by atoms with Crippen molar-refractivity contribution in [3.63, 3.8) is 0 Å². The highest BCUT2D eigenvalue weighted by Crippen LogP contribution is 2.59. The van der Waals surface area contributed by atoms with Crippen molar-refractivity contribution in [1.82, 2.24) is 15.2 Å². The normalized spacial score (nSPS) is 19.2. The second kappa shape index (κ2) is 9.08. The van der Waals surface area contributed by atoms with Crippen LogP contribution in [-0.2, 0) is 11.2 Å². The van der Waals surface area contributed by atoms with Crippen LogP contribution in [0.15, 0.2) is 48.8 Å². The van der Waals surface area contributed by atoms with Crippen molar-refractivity contribution in [2.45, 2.75) is 32.1 Å². The minimum atomic E-state index is 0.0953. The first-order valence-corrected chi connectivity index (χ1v) is 11.2. The number of carbonyl (C=O) groups is 2. The number of benzene rings is 1. The molecule has 4 rings (SSSR count). The third kappa shape index (κ3) is 4.89. The molecule has 164 valence electrons. The SMILES string of the molecule is CN(C)c1ccc(C(=O)N2CCC3(CC2)C[C@H]3C(=O)NCCCc2ccncc2)cc1. The molecule has 6 heteroatoms. The molecule has 1 saturated heterocycles. The third-order valence-corrected chi connectivity index (χ3v) is 6.87. The quantitative estimate of drug-likeness (QED) is 0.699. The lowest BCUT2D eigenvalue weighted by molar-refractivity contribution is -0.123. The summed E-state index contributed by atoms with van der Waals surface area (Å²) >= 11 is 0. The fourth-order valence-electron chi connectivity index (χ4n) is 4.69. The van der Waals surface area contributed by atoms with Crippen LogP contribution in [0, 0.1) is 11.3 Å². The van der Waals surface area contributed by atoms with Gasteiger partial charge in [0.1, 0.15) is 0 Å². The molecule has 1 aromatic carbocycles. The van der Waals surface area contributed by atoms with Gasteiger partial charge in [0.15, 0.2) is 0 Å². The number of aryl methyl sites for hydroxylation is 1. The fourth-order valence-corrected chi connectivity index (χ4v) is 4.69. The molecule has 6 nitrogen and oxygen atoms in total. The number of piperidine rings is 1. The van der Waals surface area contributed by atoms with E-state index in [1.165, 1.54) is 5.56 Å². The molecule has 0 unspecified atom stereocenters. The maximum atomic E-state index is 12.8. The molecule has 2 amide bonds. The van der Waals surface area contributed by atoms with Gasteiger partial charge in [0.25, 0.3) is 5.91 Å². The van der Waals surface area contributed by atoms with Gasteiger partial charge in [-0.15, -0.1) is 0 Å². The summed E-state index contributed by atoms with van der Waals surface area (Å²) in [5, 5.41) is 3.12. The lowest BCUT2D eigenvalue weighted by atomic mass is 9.90. The Morgan fingerprint density at radius 2 is 1.77 bits per heavy atom. The van der Waals surface area contributed by atoms with Gasteiger partial charge in [-0.2, -0.15) is 0 Å². The Balaban J connectivity index is 1.21. The molecule has 2 fully saturated rings. The van der Waals surface area contributed by atoms with E-state index in [0.717, 1.165) is 56.4 Å². The van der Waals surface area contributed by atoms with Crippen LogP contribution >= 0.6 is 0 Å². The van der Waals surface area contributed by atoms with Crippen molar-refractivity contribution in [3.8, 4) is 0 Å². The third-order valence-electron chi connectivity index (χ3n) is 6.87. The van der Waals surface area contributed by atoms with Crippen molar-refractivity contribution in [2.75, 3.05) is 38.6 Å². The van der Waals surface area contributed by atoms with Crippen LogP contribution < -0.4 is 10.2 Å². The summed E-state index contributed by atoms with van der Waals surface area (Å²) in [6.45, 7) is 2.18. The highest BCUT2D eigenvalue weighted by molar-refractivity contribution is 5.94. The van der Waals surface area contributed by atoms with E-state index in [4.69, 9.17) is 0 Å². The van der Waals surface area contributed by atoms with Crippen LogP contribution in [0.1, 0.15) is 41.6 Å². The zero-order chi connectivity index (χ0) is 21.8. The average molecular weight is 421 g/mol. The van der Waals surface area contributed by atoms with Gasteiger partial charge in [-0.3, -0.25) is 14.6 Å². The van der Waals surface area contributed by atoms with Gasteiger partial charge in [-0.1, -0.05) is 0 Å². The molecule has 1 atom stereocenters. The monoisotopic (exact) mass is 420 g/mol. The number of aromatic nitrogens is 1. The van der Waals surface area contributed by atoms with Crippen LogP contribution in [0.2, 0.25) is 0 Å². The second-order valence-corrected chi connectivity index (χ2v) is 9.10. The first-order valence-electron chi connectivity index (χ1n) is 11.2. The molecule has 2 aromatic rings. The van der Waals surface area contributed by atoms with E-state index in [1.807, 2.05) is 60.3 Å². The number of nitrogens with zero attached hydrogens (tertiary/aromatic N) is 3. The van der Waals surface area contributed by atoms with E-state index in [0.29, 0.717) is 6.54 Å². The van der Waals surface area contributed by atoms with Crippen LogP contribution in [0.4, 0.5) is 5.69 Å². The summed E-state index contributed by atoms with van der Waals surface area (Å²) in [6.07, 6.45) is 8.29. The van der Waals surface area contributed by atoms with Crippen molar-refractivity contribution >= 4 is 17.5 Å². The van der Waals surface area contributed by atoms with Crippen molar-refractivity contribution < 1.29 is 9.59 Å². The Bertz CT molecular complexity index is 903. The van der Waals surface area contributed by atoms with Crippen LogP contribution in [0.5, 0.6) is 0 Å². The van der Waals surface area contributed by atoms with Gasteiger partial charge in [0, 0.05) is 63.3 Å². The van der Waals surface area contributed by atoms with E-state index in [1.54, 1.807) is 12.4 Å². The van der Waals surface area contributed by atoms with Gasteiger partial charge < -0.3 is 15.1 Å². The minimum Gasteiger partial charge on any atom is -0.378 e. The first-order chi connectivity index (χ1) is 15.0. The standard InChI is InChI=1S/C25H32N4O2/c1-28(2)21-7-5-20(6-8-21)24(31)29-16-11-25(12-17-29)18-22(25)23(30)27-13-3-4-19-9-14-26-15-10-19/h5-10,14-15,22H,3-4,11-13,16-18H2,1-2H3,(H,27,30)/t22-/m0/s1. The maximum absolute atomic E-state index is 12.8. The molecule has 1 spiro atoms. The van der Waals surface area contributed by atoms with Gasteiger partial charge in [0.2, 0.25) is 5.91 Å². The number of nitrogens with one attached hydrogen (secondary N) is 1. The lowest BCUT2D eigenvalue weighted by Crippen LogP contribution is -2.40. The molecule has 2 aliphatic rings. The summed E-state index contributed by atoms with van der Waals surface area (Å²) in [7, 11) is 3.98. The van der Waals surface area contributed by atoms with Gasteiger partial charge in [-0.05, 0) is 79.5 Å². The Morgan fingerprint density at radius 3 is 2.42 bits per heavy atom. The Labute approximate surface area is 184 Å². The number of rotatable bonds is 7. The van der Waals surface area contributed by atoms with E-state index < -0.39 is 0 Å². The maximum Gasteiger partial charge on any atom is 0.253 e. The zero-order valence-corrected chi connectivity index (χ0v) is 18.5. The van der Waals surface area contributed by atoms with E-state index in [9.17, 15) is 9.59 Å². The van der Waals surface area contributed by atoms with E-state index in [2.05, 4.69) is 10.3 Å². The number of hydrogen-bond acceptors (Lipinski definition) is 4. The van der Waals surface area contributed by atoms with Crippen LogP contribution in [0.3, 0.4) is 0 Å². The smallest absolute Gasteiger partial charge is 0.253 e. The first kappa shape index (κ1) is 21.3. The average Bonchev–Trinajstić information content (AvgIpc) is 3.50. The fraction of sp³-hybridized carbons (Fsp3) is 0.480. The molecule has 1 saturated carbocycles. The predicted molar refractivity (Wildman–Crippen MR) is 122 cm³/mol. The van der Waals surface area contributed by atoms with Crippen LogP contribution in [-0.4, -0.2) is 55.4 Å². The van der Waals surface area contributed by atoms with E-state index in [-0.39, 0.29) is 23.1 Å². The minimum absolute atomic E-state index is 0.0953. The van der Waals surface area contributed by atoms with Gasteiger partial charge in [0.05, 0.1) is 0 Å². The Kier molecular flexibility index (Phi) is 6.25. The largest absolute Gasteiger partial charge is 0.378 e. The molecule has 1 aliphatic heterocycles. The molecule has 1 aliphatic carbocycles. The molecule has 0 bridgehead atoms. The molecule has 2 heterocycles. The molecule has 31 heavy (non-hydrogen) atoms. The summed E-state index contributed by atoms with van der Waals surface area (Å²) in [5.41, 5.74) is 3.18. The van der Waals surface area contributed by atoms with Crippen molar-refractivity contribution in [2.24, 2.45) is 11.3 Å².